The third-order valence-electron chi connectivity index (χ3n) is 1.58. The zero-order valence-electron chi connectivity index (χ0n) is 6.22. The Morgan fingerprint density at radius 2 is 2.46 bits per heavy atom. The van der Waals surface area contributed by atoms with Crippen LogP contribution < -0.4 is 5.56 Å². The van der Waals surface area contributed by atoms with Crippen LogP contribution in [0.5, 0.6) is 5.75 Å². The van der Waals surface area contributed by atoms with Gasteiger partial charge in [-0.2, -0.15) is 15.0 Å². The quantitative estimate of drug-likeness (QED) is 0.536. The average Bonchev–Trinajstić information content (AvgIpc) is 2.53. The summed E-state index contributed by atoms with van der Waals surface area (Å²) in [5.41, 5.74) is -0.826. The van der Waals surface area contributed by atoms with E-state index in [1.807, 2.05) is 0 Å². The minimum Gasteiger partial charge on any atom is -0.506 e. The van der Waals surface area contributed by atoms with Crippen molar-refractivity contribution in [1.29, 1.82) is 5.26 Å². The highest BCUT2D eigenvalue weighted by Gasteiger charge is 2.10. The number of hydrogen-bond donors (Lipinski definition) is 2. The highest BCUT2D eigenvalue weighted by atomic mass is 16.3. The SMILES string of the molecule is N#Cc1c(O)cc2nn[nH]n2c1=O. The molecular weight excluding hydrogens is 174 g/mol. The van der Waals surface area contributed by atoms with Gasteiger partial charge in [-0.3, -0.25) is 4.79 Å². The average molecular weight is 177 g/mol. The number of tetrazole rings is 1. The molecule has 0 unspecified atom stereocenters. The number of rotatable bonds is 0. The summed E-state index contributed by atoms with van der Waals surface area (Å²) in [4.78, 5) is 11.3. The molecular formula is C6H3N5O2. The Morgan fingerprint density at radius 3 is 3.15 bits per heavy atom. The van der Waals surface area contributed by atoms with E-state index >= 15 is 0 Å². The maximum absolute atomic E-state index is 11.3. The molecule has 0 aromatic carbocycles. The van der Waals surface area contributed by atoms with E-state index in [2.05, 4.69) is 15.5 Å². The minimum atomic E-state index is -0.664. The molecule has 0 aliphatic carbocycles. The third-order valence-corrected chi connectivity index (χ3v) is 1.58. The number of aromatic amines is 1. The lowest BCUT2D eigenvalue weighted by atomic mass is 10.3. The Labute approximate surface area is 70.8 Å². The van der Waals surface area contributed by atoms with Gasteiger partial charge < -0.3 is 5.11 Å². The number of H-pyrrole nitrogens is 1. The van der Waals surface area contributed by atoms with Crippen LogP contribution in [0.2, 0.25) is 0 Å². The van der Waals surface area contributed by atoms with Crippen molar-refractivity contribution in [2.45, 2.75) is 0 Å². The molecule has 2 aromatic rings. The highest BCUT2D eigenvalue weighted by Crippen LogP contribution is 2.11. The molecule has 0 spiro atoms. The maximum atomic E-state index is 11.3. The Bertz CT molecular complexity index is 560. The Hall–Kier alpha value is -2.36. The summed E-state index contributed by atoms with van der Waals surface area (Å²) in [6.07, 6.45) is 0. The molecule has 7 nitrogen and oxygen atoms in total. The van der Waals surface area contributed by atoms with E-state index in [1.54, 1.807) is 6.07 Å². The number of aromatic nitrogens is 4. The van der Waals surface area contributed by atoms with Gasteiger partial charge in [0.2, 0.25) is 0 Å². The Balaban J connectivity index is 3.04. The number of pyridine rings is 1. The monoisotopic (exact) mass is 177 g/mol. The van der Waals surface area contributed by atoms with Crippen LogP contribution in [0.1, 0.15) is 5.56 Å². The summed E-state index contributed by atoms with van der Waals surface area (Å²) < 4.78 is 0.971. The second-order valence-electron chi connectivity index (χ2n) is 2.32. The number of nitriles is 1. The first-order valence-electron chi connectivity index (χ1n) is 3.30. The van der Waals surface area contributed by atoms with Gasteiger partial charge in [-0.15, -0.1) is 5.10 Å². The van der Waals surface area contributed by atoms with Crippen LogP contribution in [-0.2, 0) is 0 Å². The van der Waals surface area contributed by atoms with Crippen LogP contribution in [0.15, 0.2) is 10.9 Å². The molecule has 0 bridgehead atoms. The molecule has 0 saturated carbocycles. The van der Waals surface area contributed by atoms with Crippen molar-refractivity contribution in [1.82, 2.24) is 20.0 Å². The zero-order valence-corrected chi connectivity index (χ0v) is 6.22. The van der Waals surface area contributed by atoms with E-state index in [4.69, 9.17) is 5.26 Å². The van der Waals surface area contributed by atoms with Gasteiger partial charge in [0.25, 0.3) is 5.56 Å². The lowest BCUT2D eigenvalue weighted by molar-refractivity contribution is 0.471. The minimum absolute atomic E-state index is 0.168. The van der Waals surface area contributed by atoms with Gasteiger partial charge in [0.1, 0.15) is 11.8 Å². The van der Waals surface area contributed by atoms with E-state index in [1.165, 1.54) is 6.07 Å². The standard InChI is InChI=1S/C6H3N5O2/c7-2-3-4(12)1-5-8-9-10-11(5)6(3)13/h1,12H,(H,8,10). The van der Waals surface area contributed by atoms with Gasteiger partial charge in [0, 0.05) is 6.07 Å². The topological polar surface area (TPSA) is 107 Å². The van der Waals surface area contributed by atoms with Crippen LogP contribution >= 0.6 is 0 Å². The van der Waals surface area contributed by atoms with Gasteiger partial charge in [-0.25, -0.2) is 0 Å². The van der Waals surface area contributed by atoms with E-state index in [9.17, 15) is 9.90 Å². The molecule has 7 heteroatoms. The summed E-state index contributed by atoms with van der Waals surface area (Å²) in [5, 5.41) is 26.8. The predicted octanol–water partition coefficient (Wildman–Crippen LogP) is -1.01. The third kappa shape index (κ3) is 0.856. The molecule has 13 heavy (non-hydrogen) atoms. The van der Waals surface area contributed by atoms with E-state index in [-0.39, 0.29) is 17.0 Å². The summed E-state index contributed by atoms with van der Waals surface area (Å²) in [7, 11) is 0. The molecule has 0 aliphatic rings. The Kier molecular flexibility index (Phi) is 1.30. The second-order valence-corrected chi connectivity index (χ2v) is 2.32. The van der Waals surface area contributed by atoms with Crippen LogP contribution in [0.4, 0.5) is 0 Å². The van der Waals surface area contributed by atoms with Crippen molar-refractivity contribution in [3.05, 3.63) is 22.0 Å². The second kappa shape index (κ2) is 2.31. The van der Waals surface area contributed by atoms with Crippen molar-refractivity contribution in [2.24, 2.45) is 0 Å². The molecule has 64 valence electrons. The van der Waals surface area contributed by atoms with Crippen molar-refractivity contribution < 1.29 is 5.11 Å². The van der Waals surface area contributed by atoms with E-state index < -0.39 is 5.56 Å². The maximum Gasteiger partial charge on any atom is 0.294 e. The summed E-state index contributed by atoms with van der Waals surface area (Å²) >= 11 is 0. The van der Waals surface area contributed by atoms with Gasteiger partial charge in [0.15, 0.2) is 11.2 Å². The van der Waals surface area contributed by atoms with Gasteiger partial charge in [0.05, 0.1) is 0 Å². The number of nitrogens with one attached hydrogen (secondary N) is 1. The predicted molar refractivity (Wildman–Crippen MR) is 40.0 cm³/mol. The number of nitrogens with zero attached hydrogens (tertiary/aromatic N) is 4. The Morgan fingerprint density at radius 1 is 1.69 bits per heavy atom. The van der Waals surface area contributed by atoms with Crippen LogP contribution in [0.25, 0.3) is 5.65 Å². The first-order chi connectivity index (χ1) is 6.24. The fourth-order valence-electron chi connectivity index (χ4n) is 0.978. The molecule has 2 aromatic heterocycles. The number of fused-ring (bicyclic) bond motifs is 1. The first-order valence-corrected chi connectivity index (χ1v) is 3.30. The van der Waals surface area contributed by atoms with Gasteiger partial charge in [-0.05, 0) is 0 Å². The largest absolute Gasteiger partial charge is 0.506 e. The van der Waals surface area contributed by atoms with Crippen LogP contribution in [0, 0.1) is 11.3 Å². The molecule has 0 fully saturated rings. The zero-order chi connectivity index (χ0) is 9.42. The lowest BCUT2D eigenvalue weighted by Gasteiger charge is -1.93. The summed E-state index contributed by atoms with van der Waals surface area (Å²) in [5.74, 6) is -0.388. The number of hydrogen-bond acceptors (Lipinski definition) is 5. The van der Waals surface area contributed by atoms with E-state index in [0.717, 1.165) is 4.52 Å². The van der Waals surface area contributed by atoms with Crippen LogP contribution in [-0.4, -0.2) is 25.1 Å². The van der Waals surface area contributed by atoms with Gasteiger partial charge >= 0.3 is 0 Å². The fourth-order valence-corrected chi connectivity index (χ4v) is 0.978. The summed E-state index contributed by atoms with van der Waals surface area (Å²) in [6.45, 7) is 0. The normalized spacial score (nSPS) is 10.1. The van der Waals surface area contributed by atoms with Crippen molar-refractivity contribution in [3.8, 4) is 11.8 Å². The smallest absolute Gasteiger partial charge is 0.294 e. The van der Waals surface area contributed by atoms with Crippen molar-refractivity contribution in [2.75, 3.05) is 0 Å². The molecule has 0 radical (unpaired) electrons. The fraction of sp³-hybridized carbons (Fsp3) is 0. The van der Waals surface area contributed by atoms with Crippen molar-refractivity contribution in [3.63, 3.8) is 0 Å². The number of aromatic hydroxyl groups is 1. The first kappa shape index (κ1) is 7.30. The lowest BCUT2D eigenvalue weighted by Crippen LogP contribution is -2.16. The molecule has 2 rings (SSSR count). The molecule has 0 saturated heterocycles. The van der Waals surface area contributed by atoms with Crippen LogP contribution in [0.3, 0.4) is 0 Å². The molecule has 2 heterocycles. The van der Waals surface area contributed by atoms with E-state index in [0.29, 0.717) is 0 Å². The summed E-state index contributed by atoms with van der Waals surface area (Å²) in [6, 6.07) is 2.77. The molecule has 0 aliphatic heterocycles. The van der Waals surface area contributed by atoms with Gasteiger partial charge in [-0.1, -0.05) is 5.21 Å². The molecule has 0 amide bonds. The van der Waals surface area contributed by atoms with Crippen molar-refractivity contribution >= 4 is 5.65 Å². The molecule has 2 N–H and O–H groups in total. The highest BCUT2D eigenvalue weighted by molar-refractivity contribution is 5.50. The molecule has 0 atom stereocenters.